The number of amides is 2. The van der Waals surface area contributed by atoms with Crippen molar-refractivity contribution in [1.29, 1.82) is 0 Å². The van der Waals surface area contributed by atoms with Crippen molar-refractivity contribution in [3.63, 3.8) is 0 Å². The van der Waals surface area contributed by atoms with E-state index in [2.05, 4.69) is 10.1 Å². The molecule has 3 heterocycles. The summed E-state index contributed by atoms with van der Waals surface area (Å²) in [5, 5.41) is 5.15. The molecule has 0 saturated heterocycles. The molecule has 2 amide bonds. The van der Waals surface area contributed by atoms with Crippen LogP contribution in [-0.2, 0) is 0 Å². The van der Waals surface area contributed by atoms with Crippen molar-refractivity contribution in [2.75, 3.05) is 19.1 Å². The van der Waals surface area contributed by atoms with Gasteiger partial charge in [-0.3, -0.25) is 9.59 Å². The van der Waals surface area contributed by atoms with E-state index >= 15 is 0 Å². The normalized spacial score (nSPS) is 13.1. The molecule has 2 aromatic heterocycles. The third kappa shape index (κ3) is 2.68. The fourth-order valence-corrected chi connectivity index (χ4v) is 3.92. The summed E-state index contributed by atoms with van der Waals surface area (Å²) in [6.07, 6.45) is 1.44. The van der Waals surface area contributed by atoms with Gasteiger partial charge in [0.25, 0.3) is 11.8 Å². The maximum absolute atomic E-state index is 13.4. The van der Waals surface area contributed by atoms with Crippen LogP contribution in [0, 0.1) is 6.92 Å². The number of imide groups is 1. The predicted octanol–water partition coefficient (Wildman–Crippen LogP) is 3.55. The van der Waals surface area contributed by atoms with E-state index in [9.17, 15) is 9.59 Å². The van der Waals surface area contributed by atoms with Crippen LogP contribution in [-0.4, -0.2) is 40.8 Å². The second-order valence-corrected chi connectivity index (χ2v) is 7.06. The van der Waals surface area contributed by atoms with Gasteiger partial charge in [0.15, 0.2) is 5.65 Å². The van der Waals surface area contributed by atoms with E-state index in [-0.39, 0.29) is 5.56 Å². The second-order valence-electron chi connectivity index (χ2n) is 7.06. The van der Waals surface area contributed by atoms with Gasteiger partial charge in [0.05, 0.1) is 42.1 Å². The number of aromatic nitrogens is 3. The molecule has 2 aromatic carbocycles. The van der Waals surface area contributed by atoms with Crippen LogP contribution in [0.2, 0.25) is 0 Å². The minimum absolute atomic E-state index is 0.253. The van der Waals surface area contributed by atoms with Gasteiger partial charge >= 0.3 is 0 Å². The standard InChI is InChI=1S/C23H18N4O4/c1-13-19-20-16(22(28)26(23(20)29)14-7-6-8-15(11-14)30-2)12-24-21(19)27(25-13)17-9-4-5-10-18(17)31-3/h4-12H,1-3H3. The molecule has 8 heteroatoms. The number of carbonyl (C=O) groups is 2. The fraction of sp³-hybridized carbons (Fsp3) is 0.130. The van der Waals surface area contributed by atoms with E-state index < -0.39 is 11.8 Å². The fourth-order valence-electron chi connectivity index (χ4n) is 3.92. The van der Waals surface area contributed by atoms with E-state index in [1.165, 1.54) is 13.3 Å². The molecular weight excluding hydrogens is 396 g/mol. The number of hydrogen-bond acceptors (Lipinski definition) is 6. The topological polar surface area (TPSA) is 86.6 Å². The van der Waals surface area contributed by atoms with Gasteiger partial charge in [-0.05, 0) is 31.2 Å². The summed E-state index contributed by atoms with van der Waals surface area (Å²) in [5.74, 6) is 0.336. The first-order chi connectivity index (χ1) is 15.0. The number of anilines is 1. The molecule has 0 spiro atoms. The lowest BCUT2D eigenvalue weighted by molar-refractivity contribution is 0.0926. The number of fused-ring (bicyclic) bond motifs is 3. The monoisotopic (exact) mass is 414 g/mol. The molecule has 1 aliphatic heterocycles. The lowest BCUT2D eigenvalue weighted by Crippen LogP contribution is -2.29. The Morgan fingerprint density at radius 2 is 1.74 bits per heavy atom. The van der Waals surface area contributed by atoms with E-state index in [1.807, 2.05) is 24.3 Å². The van der Waals surface area contributed by atoms with Crippen LogP contribution in [0.5, 0.6) is 11.5 Å². The quantitative estimate of drug-likeness (QED) is 0.475. The maximum Gasteiger partial charge on any atom is 0.267 e. The summed E-state index contributed by atoms with van der Waals surface area (Å²) in [6.45, 7) is 1.79. The van der Waals surface area contributed by atoms with Crippen LogP contribution in [0.3, 0.4) is 0 Å². The van der Waals surface area contributed by atoms with Gasteiger partial charge in [-0.1, -0.05) is 18.2 Å². The first-order valence-corrected chi connectivity index (χ1v) is 9.59. The summed E-state index contributed by atoms with van der Waals surface area (Å²) in [6, 6.07) is 14.2. The molecule has 0 bridgehead atoms. The van der Waals surface area contributed by atoms with Gasteiger partial charge < -0.3 is 9.47 Å². The SMILES string of the molecule is COc1cccc(N2C(=O)c3cnc4c(c(C)nn4-c4ccccc4OC)c3C2=O)c1. The zero-order valence-electron chi connectivity index (χ0n) is 17.1. The average Bonchev–Trinajstić information content (AvgIpc) is 3.27. The van der Waals surface area contributed by atoms with Gasteiger partial charge in [-0.25, -0.2) is 14.6 Å². The first kappa shape index (κ1) is 18.8. The molecule has 0 saturated carbocycles. The van der Waals surface area contributed by atoms with Crippen molar-refractivity contribution in [2.45, 2.75) is 6.92 Å². The second kappa shape index (κ2) is 6.94. The average molecular weight is 414 g/mol. The largest absolute Gasteiger partial charge is 0.497 e. The Labute approximate surface area is 177 Å². The number of methoxy groups -OCH3 is 2. The third-order valence-electron chi connectivity index (χ3n) is 5.35. The van der Waals surface area contributed by atoms with Gasteiger partial charge in [0.2, 0.25) is 0 Å². The molecule has 0 atom stereocenters. The number of pyridine rings is 1. The van der Waals surface area contributed by atoms with Crippen molar-refractivity contribution >= 4 is 28.5 Å². The lowest BCUT2D eigenvalue weighted by Gasteiger charge is -2.14. The lowest BCUT2D eigenvalue weighted by atomic mass is 10.1. The molecule has 0 unspecified atom stereocenters. The Morgan fingerprint density at radius 3 is 2.52 bits per heavy atom. The zero-order valence-corrected chi connectivity index (χ0v) is 17.1. The Kier molecular flexibility index (Phi) is 4.21. The number of aryl methyl sites for hydroxylation is 1. The number of ether oxygens (including phenoxy) is 2. The van der Waals surface area contributed by atoms with E-state index in [1.54, 1.807) is 43.0 Å². The highest BCUT2D eigenvalue weighted by molar-refractivity contribution is 6.37. The molecule has 0 radical (unpaired) electrons. The number of rotatable bonds is 4. The highest BCUT2D eigenvalue weighted by Crippen LogP contribution is 2.36. The van der Waals surface area contributed by atoms with E-state index in [0.717, 1.165) is 4.90 Å². The van der Waals surface area contributed by atoms with Crippen LogP contribution < -0.4 is 14.4 Å². The Balaban J connectivity index is 1.71. The molecule has 0 N–H and O–H groups in total. The van der Waals surface area contributed by atoms with Gasteiger partial charge in [-0.2, -0.15) is 5.10 Å². The number of hydrogen-bond donors (Lipinski definition) is 0. The molecule has 0 fully saturated rings. The minimum Gasteiger partial charge on any atom is -0.497 e. The molecule has 31 heavy (non-hydrogen) atoms. The summed E-state index contributed by atoms with van der Waals surface area (Å²) in [7, 11) is 3.11. The van der Waals surface area contributed by atoms with Crippen molar-refractivity contribution in [2.24, 2.45) is 0 Å². The van der Waals surface area contributed by atoms with Crippen LogP contribution >= 0.6 is 0 Å². The molecule has 1 aliphatic rings. The zero-order chi connectivity index (χ0) is 21.7. The van der Waals surface area contributed by atoms with Crippen LogP contribution in [0.25, 0.3) is 16.7 Å². The Morgan fingerprint density at radius 1 is 0.935 bits per heavy atom. The van der Waals surface area contributed by atoms with Crippen LogP contribution in [0.4, 0.5) is 5.69 Å². The van der Waals surface area contributed by atoms with Gasteiger partial charge in [0, 0.05) is 12.3 Å². The van der Waals surface area contributed by atoms with Crippen molar-refractivity contribution in [3.05, 3.63) is 71.5 Å². The molecule has 154 valence electrons. The van der Waals surface area contributed by atoms with Crippen molar-refractivity contribution < 1.29 is 19.1 Å². The van der Waals surface area contributed by atoms with Crippen molar-refractivity contribution in [3.8, 4) is 17.2 Å². The minimum atomic E-state index is -0.424. The van der Waals surface area contributed by atoms with Gasteiger partial charge in [0.1, 0.15) is 17.2 Å². The number of benzene rings is 2. The van der Waals surface area contributed by atoms with Crippen LogP contribution in [0.15, 0.2) is 54.7 Å². The smallest absolute Gasteiger partial charge is 0.267 e. The highest BCUT2D eigenvalue weighted by atomic mass is 16.5. The number of para-hydroxylation sites is 2. The molecule has 8 nitrogen and oxygen atoms in total. The summed E-state index contributed by atoms with van der Waals surface area (Å²) in [5.41, 5.74) is 2.76. The summed E-state index contributed by atoms with van der Waals surface area (Å²) in [4.78, 5) is 32.2. The predicted molar refractivity (Wildman–Crippen MR) is 114 cm³/mol. The van der Waals surface area contributed by atoms with Gasteiger partial charge in [-0.15, -0.1) is 0 Å². The Bertz CT molecular complexity index is 1380. The summed E-state index contributed by atoms with van der Waals surface area (Å²) < 4.78 is 12.3. The molecule has 0 aliphatic carbocycles. The number of carbonyl (C=O) groups excluding carboxylic acids is 2. The maximum atomic E-state index is 13.4. The van der Waals surface area contributed by atoms with Crippen molar-refractivity contribution in [1.82, 2.24) is 14.8 Å². The Hall–Kier alpha value is -4.20. The highest BCUT2D eigenvalue weighted by Gasteiger charge is 2.40. The van der Waals surface area contributed by atoms with Crippen LogP contribution in [0.1, 0.15) is 26.4 Å². The first-order valence-electron chi connectivity index (χ1n) is 9.59. The molecule has 4 aromatic rings. The summed E-state index contributed by atoms with van der Waals surface area (Å²) >= 11 is 0. The van der Waals surface area contributed by atoms with E-state index in [0.29, 0.717) is 45.2 Å². The van der Waals surface area contributed by atoms with E-state index in [4.69, 9.17) is 9.47 Å². The number of nitrogens with zero attached hydrogens (tertiary/aromatic N) is 4. The molecule has 5 rings (SSSR count). The molecular formula is C23H18N4O4. The third-order valence-corrected chi connectivity index (χ3v) is 5.35.